The Morgan fingerprint density at radius 1 is 1.10 bits per heavy atom. The van der Waals surface area contributed by atoms with Gasteiger partial charge in [-0.25, -0.2) is 8.42 Å². The van der Waals surface area contributed by atoms with Crippen LogP contribution in [0.2, 0.25) is 0 Å². The van der Waals surface area contributed by atoms with Crippen molar-refractivity contribution in [3.8, 4) is 11.5 Å². The van der Waals surface area contributed by atoms with E-state index in [0.29, 0.717) is 36.2 Å². The molecule has 0 aliphatic carbocycles. The molecule has 1 saturated heterocycles. The first-order valence-corrected chi connectivity index (χ1v) is 11.4. The van der Waals surface area contributed by atoms with Gasteiger partial charge >= 0.3 is 0 Å². The van der Waals surface area contributed by atoms with Crippen molar-refractivity contribution < 1.29 is 22.7 Å². The highest BCUT2D eigenvalue weighted by Crippen LogP contribution is 2.28. The van der Waals surface area contributed by atoms with E-state index in [1.165, 1.54) is 0 Å². The van der Waals surface area contributed by atoms with E-state index in [0.717, 1.165) is 18.4 Å². The van der Waals surface area contributed by atoms with Gasteiger partial charge in [-0.15, -0.1) is 0 Å². The zero-order valence-corrected chi connectivity index (χ0v) is 18.4. The fourth-order valence-electron chi connectivity index (χ4n) is 3.61. The Labute approximate surface area is 178 Å². The second-order valence-corrected chi connectivity index (χ2v) is 9.49. The zero-order valence-electron chi connectivity index (χ0n) is 17.6. The first kappa shape index (κ1) is 22.1. The molecular weight excluding hydrogens is 404 g/mol. The van der Waals surface area contributed by atoms with Gasteiger partial charge in [0, 0.05) is 18.8 Å². The molecule has 1 fully saturated rings. The van der Waals surface area contributed by atoms with Gasteiger partial charge in [0.25, 0.3) is 0 Å². The number of anilines is 1. The van der Waals surface area contributed by atoms with E-state index >= 15 is 0 Å². The first-order valence-electron chi connectivity index (χ1n) is 9.94. The van der Waals surface area contributed by atoms with Gasteiger partial charge in [-0.05, 0) is 60.7 Å². The molecule has 1 unspecified atom stereocenters. The summed E-state index contributed by atoms with van der Waals surface area (Å²) >= 11 is 0. The van der Waals surface area contributed by atoms with Crippen molar-refractivity contribution in [2.24, 2.45) is 5.92 Å². The minimum Gasteiger partial charge on any atom is -0.493 e. The number of carbonyl (C=O) groups excluding carboxylic acids is 1. The molecule has 2 aromatic rings. The smallest absolute Gasteiger partial charge is 0.243 e. The van der Waals surface area contributed by atoms with E-state index in [1.54, 1.807) is 61.0 Å². The van der Waals surface area contributed by atoms with E-state index in [2.05, 4.69) is 12.2 Å². The summed E-state index contributed by atoms with van der Waals surface area (Å²) in [7, 11) is -0.409. The fraction of sp³-hybridized carbons (Fsp3) is 0.409. The van der Waals surface area contributed by atoms with Crippen molar-refractivity contribution in [2.75, 3.05) is 32.6 Å². The van der Waals surface area contributed by atoms with E-state index < -0.39 is 10.0 Å². The molecule has 3 rings (SSSR count). The average molecular weight is 433 g/mol. The standard InChI is InChI=1S/C22H28N2O5S/c1-16-5-4-12-24(15-16)30(26,27)19-9-7-18(8-10-19)23-22(25)14-17-6-11-20(28-2)21(13-17)29-3/h6-11,13,16H,4-5,12,14-15H2,1-3H3,(H,23,25). The van der Waals surface area contributed by atoms with Gasteiger partial charge in [-0.2, -0.15) is 4.31 Å². The Morgan fingerprint density at radius 2 is 1.80 bits per heavy atom. The van der Waals surface area contributed by atoms with Crippen LogP contribution in [0.15, 0.2) is 47.4 Å². The van der Waals surface area contributed by atoms with Crippen LogP contribution in [-0.2, 0) is 21.2 Å². The molecule has 7 nitrogen and oxygen atoms in total. The Hall–Kier alpha value is -2.58. The molecular formula is C22H28N2O5S. The number of piperidine rings is 1. The Balaban J connectivity index is 1.64. The summed E-state index contributed by atoms with van der Waals surface area (Å²) in [4.78, 5) is 12.6. The Kier molecular flexibility index (Phi) is 6.99. The molecule has 1 amide bonds. The van der Waals surface area contributed by atoms with Crippen LogP contribution in [0.3, 0.4) is 0 Å². The Morgan fingerprint density at radius 3 is 2.43 bits per heavy atom. The molecule has 1 N–H and O–H groups in total. The maximum atomic E-state index is 12.8. The number of ether oxygens (including phenoxy) is 2. The van der Waals surface area contributed by atoms with Gasteiger partial charge in [-0.3, -0.25) is 4.79 Å². The summed E-state index contributed by atoms with van der Waals surface area (Å²) < 4.78 is 37.7. The number of methoxy groups -OCH3 is 2. The molecule has 1 aliphatic heterocycles. The lowest BCUT2D eigenvalue weighted by molar-refractivity contribution is -0.115. The molecule has 1 aliphatic rings. The lowest BCUT2D eigenvalue weighted by Gasteiger charge is -2.30. The summed E-state index contributed by atoms with van der Waals surface area (Å²) in [6.45, 7) is 3.17. The topological polar surface area (TPSA) is 84.9 Å². The maximum absolute atomic E-state index is 12.8. The minimum absolute atomic E-state index is 0.159. The van der Waals surface area contributed by atoms with E-state index in [-0.39, 0.29) is 17.2 Å². The highest BCUT2D eigenvalue weighted by Gasteiger charge is 2.28. The van der Waals surface area contributed by atoms with Crippen molar-refractivity contribution in [2.45, 2.75) is 31.1 Å². The van der Waals surface area contributed by atoms with Crippen LogP contribution in [0.4, 0.5) is 5.69 Å². The van der Waals surface area contributed by atoms with Crippen LogP contribution in [0.5, 0.6) is 11.5 Å². The minimum atomic E-state index is -3.51. The van der Waals surface area contributed by atoms with Crippen LogP contribution < -0.4 is 14.8 Å². The summed E-state index contributed by atoms with van der Waals surface area (Å²) in [5.41, 5.74) is 1.33. The van der Waals surface area contributed by atoms with E-state index in [4.69, 9.17) is 9.47 Å². The molecule has 0 saturated carbocycles. The number of nitrogens with one attached hydrogen (secondary N) is 1. The van der Waals surface area contributed by atoms with Crippen LogP contribution in [-0.4, -0.2) is 45.9 Å². The number of carbonyl (C=O) groups is 1. The van der Waals surface area contributed by atoms with Gasteiger partial charge in [0.15, 0.2) is 11.5 Å². The van der Waals surface area contributed by atoms with Crippen molar-refractivity contribution in [3.05, 3.63) is 48.0 Å². The number of hydrogen-bond donors (Lipinski definition) is 1. The molecule has 1 heterocycles. The van der Waals surface area contributed by atoms with Crippen LogP contribution in [0, 0.1) is 5.92 Å². The molecule has 162 valence electrons. The predicted octanol–water partition coefficient (Wildman–Crippen LogP) is 3.31. The molecule has 8 heteroatoms. The summed E-state index contributed by atoms with van der Waals surface area (Å²) in [6, 6.07) is 11.6. The number of benzene rings is 2. The normalized spacial score (nSPS) is 17.4. The molecule has 2 aromatic carbocycles. The molecule has 0 spiro atoms. The molecule has 1 atom stereocenters. The second kappa shape index (κ2) is 9.49. The van der Waals surface area contributed by atoms with Crippen molar-refractivity contribution in [1.82, 2.24) is 4.31 Å². The number of rotatable bonds is 7. The molecule has 0 bridgehead atoms. The predicted molar refractivity (Wildman–Crippen MR) is 115 cm³/mol. The summed E-state index contributed by atoms with van der Waals surface area (Å²) in [5.74, 6) is 1.32. The van der Waals surface area contributed by atoms with Crippen LogP contribution in [0.1, 0.15) is 25.3 Å². The Bertz CT molecular complexity index is 989. The lowest BCUT2D eigenvalue weighted by atomic mass is 10.0. The van der Waals surface area contributed by atoms with E-state index in [9.17, 15) is 13.2 Å². The number of amides is 1. The van der Waals surface area contributed by atoms with Gasteiger partial charge < -0.3 is 14.8 Å². The molecule has 0 radical (unpaired) electrons. The van der Waals surface area contributed by atoms with Gasteiger partial charge in [0.2, 0.25) is 15.9 Å². The van der Waals surface area contributed by atoms with Gasteiger partial charge in [0.1, 0.15) is 0 Å². The van der Waals surface area contributed by atoms with Crippen molar-refractivity contribution in [3.63, 3.8) is 0 Å². The summed E-state index contributed by atoms with van der Waals surface area (Å²) in [6.07, 6.45) is 2.09. The maximum Gasteiger partial charge on any atom is 0.243 e. The number of nitrogens with zero attached hydrogens (tertiary/aromatic N) is 1. The van der Waals surface area contributed by atoms with Crippen LogP contribution >= 0.6 is 0 Å². The third-order valence-electron chi connectivity index (χ3n) is 5.21. The largest absolute Gasteiger partial charge is 0.493 e. The van der Waals surface area contributed by atoms with Gasteiger partial charge in [-0.1, -0.05) is 13.0 Å². The summed E-state index contributed by atoms with van der Waals surface area (Å²) in [5, 5.41) is 2.80. The average Bonchev–Trinajstić information content (AvgIpc) is 2.74. The third kappa shape index (κ3) is 5.12. The fourth-order valence-corrected chi connectivity index (χ4v) is 5.20. The highest BCUT2D eigenvalue weighted by molar-refractivity contribution is 7.89. The molecule has 0 aromatic heterocycles. The first-order chi connectivity index (χ1) is 14.3. The van der Waals surface area contributed by atoms with E-state index in [1.807, 2.05) is 0 Å². The number of sulfonamides is 1. The molecule has 30 heavy (non-hydrogen) atoms. The lowest BCUT2D eigenvalue weighted by Crippen LogP contribution is -2.39. The SMILES string of the molecule is COc1ccc(CC(=O)Nc2ccc(S(=O)(=O)N3CCCC(C)C3)cc2)cc1OC. The second-order valence-electron chi connectivity index (χ2n) is 7.55. The zero-order chi connectivity index (χ0) is 21.7. The highest BCUT2D eigenvalue weighted by atomic mass is 32.2. The van der Waals surface area contributed by atoms with Crippen molar-refractivity contribution in [1.29, 1.82) is 0 Å². The van der Waals surface area contributed by atoms with Gasteiger partial charge in [0.05, 0.1) is 25.5 Å². The van der Waals surface area contributed by atoms with Crippen molar-refractivity contribution >= 4 is 21.6 Å². The third-order valence-corrected chi connectivity index (χ3v) is 7.09. The quantitative estimate of drug-likeness (QED) is 0.726. The van der Waals surface area contributed by atoms with Crippen LogP contribution in [0.25, 0.3) is 0 Å². The number of hydrogen-bond acceptors (Lipinski definition) is 5. The monoisotopic (exact) mass is 432 g/mol.